The number of rotatable bonds is 2. The van der Waals surface area contributed by atoms with Crippen molar-refractivity contribution < 1.29 is 14.0 Å². The number of hydrogen-bond donors (Lipinski definition) is 1. The molecule has 1 N–H and O–H groups in total. The lowest BCUT2D eigenvalue weighted by molar-refractivity contribution is 0.0745. The Morgan fingerprint density at radius 3 is 2.55 bits per heavy atom. The molecule has 0 spiro atoms. The molecule has 0 atom stereocenters. The van der Waals surface area contributed by atoms with Crippen LogP contribution in [0, 0.1) is 22.6 Å². The highest BCUT2D eigenvalue weighted by Gasteiger charge is 2.33. The molecule has 8 heteroatoms. The maximum atomic E-state index is 13.9. The fourth-order valence-corrected chi connectivity index (χ4v) is 4.39. The van der Waals surface area contributed by atoms with Crippen molar-refractivity contribution in [2.24, 2.45) is 5.41 Å². The smallest absolute Gasteiger partial charge is 0.261 e. The zero-order chi connectivity index (χ0) is 22.3. The number of ketones is 1. The van der Waals surface area contributed by atoms with Gasteiger partial charge in [0.05, 0.1) is 5.69 Å². The van der Waals surface area contributed by atoms with E-state index in [1.165, 1.54) is 12.1 Å². The fourth-order valence-electron chi connectivity index (χ4n) is 4.39. The van der Waals surface area contributed by atoms with E-state index in [0.717, 1.165) is 0 Å². The zero-order valence-corrected chi connectivity index (χ0v) is 17.5. The molecule has 1 aromatic carbocycles. The van der Waals surface area contributed by atoms with Crippen LogP contribution in [0.5, 0.6) is 0 Å². The number of fused-ring (bicyclic) bond motifs is 1. The summed E-state index contributed by atoms with van der Waals surface area (Å²) in [7, 11) is 0. The number of aromatic amines is 1. The third kappa shape index (κ3) is 3.83. The van der Waals surface area contributed by atoms with E-state index in [0.29, 0.717) is 56.0 Å². The van der Waals surface area contributed by atoms with Gasteiger partial charge in [0.1, 0.15) is 23.0 Å². The number of carbonyl (C=O) groups is 2. The molecule has 0 saturated carbocycles. The van der Waals surface area contributed by atoms with E-state index in [-0.39, 0.29) is 22.3 Å². The van der Waals surface area contributed by atoms with Crippen LogP contribution in [0.2, 0.25) is 0 Å². The molecule has 160 valence electrons. The number of aromatic nitrogens is 1. The first kappa shape index (κ1) is 20.8. The number of anilines is 1. The molecule has 1 amide bonds. The van der Waals surface area contributed by atoms with Crippen LogP contribution in [0.4, 0.5) is 10.1 Å². The van der Waals surface area contributed by atoms with Gasteiger partial charge < -0.3 is 14.8 Å². The normalized spacial score (nSPS) is 17.8. The van der Waals surface area contributed by atoms with Gasteiger partial charge in [0.15, 0.2) is 5.78 Å². The summed E-state index contributed by atoms with van der Waals surface area (Å²) in [4.78, 5) is 44.3. The third-order valence-electron chi connectivity index (χ3n) is 5.96. The molecule has 0 unspecified atom stereocenters. The van der Waals surface area contributed by atoms with Crippen molar-refractivity contribution in [1.82, 2.24) is 9.88 Å². The second kappa shape index (κ2) is 7.65. The summed E-state index contributed by atoms with van der Waals surface area (Å²) in [5.74, 6) is -1.08. The molecular formula is C23H23FN4O3. The number of halogens is 1. The topological polar surface area (TPSA) is 97.3 Å². The largest absolute Gasteiger partial charge is 0.367 e. The highest BCUT2D eigenvalue weighted by atomic mass is 19.1. The Bertz CT molecular complexity index is 1170. The Balaban J connectivity index is 1.53. The number of nitriles is 1. The lowest BCUT2D eigenvalue weighted by Gasteiger charge is -2.36. The van der Waals surface area contributed by atoms with Gasteiger partial charge in [-0.25, -0.2) is 4.39 Å². The van der Waals surface area contributed by atoms with Crippen molar-refractivity contribution >= 4 is 17.4 Å². The van der Waals surface area contributed by atoms with Crippen LogP contribution < -0.4 is 10.5 Å². The average molecular weight is 422 g/mol. The van der Waals surface area contributed by atoms with E-state index >= 15 is 0 Å². The molecule has 1 aromatic heterocycles. The van der Waals surface area contributed by atoms with E-state index in [2.05, 4.69) is 4.98 Å². The summed E-state index contributed by atoms with van der Waals surface area (Å²) in [5.41, 5.74) is 0.720. The van der Waals surface area contributed by atoms with Crippen molar-refractivity contribution in [1.29, 1.82) is 5.26 Å². The molecule has 7 nitrogen and oxygen atoms in total. The van der Waals surface area contributed by atoms with Gasteiger partial charge in [-0.1, -0.05) is 19.9 Å². The Morgan fingerprint density at radius 2 is 1.87 bits per heavy atom. The molecule has 1 aliphatic carbocycles. The predicted molar refractivity (Wildman–Crippen MR) is 113 cm³/mol. The van der Waals surface area contributed by atoms with Gasteiger partial charge in [-0.3, -0.25) is 14.4 Å². The molecular weight excluding hydrogens is 399 g/mol. The summed E-state index contributed by atoms with van der Waals surface area (Å²) < 4.78 is 13.9. The number of nitrogens with zero attached hydrogens (tertiary/aromatic N) is 3. The monoisotopic (exact) mass is 422 g/mol. The molecule has 0 radical (unpaired) electrons. The molecule has 4 rings (SSSR count). The molecule has 2 aliphatic rings. The minimum atomic E-state index is -0.577. The van der Waals surface area contributed by atoms with E-state index in [9.17, 15) is 24.0 Å². The van der Waals surface area contributed by atoms with Crippen LogP contribution in [0.3, 0.4) is 0 Å². The van der Waals surface area contributed by atoms with E-state index in [1.54, 1.807) is 17.0 Å². The summed E-state index contributed by atoms with van der Waals surface area (Å²) in [5, 5.41) is 9.25. The van der Waals surface area contributed by atoms with Crippen LogP contribution in [0.1, 0.15) is 52.2 Å². The van der Waals surface area contributed by atoms with Crippen LogP contribution in [-0.4, -0.2) is 47.8 Å². The van der Waals surface area contributed by atoms with Gasteiger partial charge in [-0.15, -0.1) is 0 Å². The Labute approximate surface area is 179 Å². The van der Waals surface area contributed by atoms with Gasteiger partial charge in [-0.2, -0.15) is 5.26 Å². The van der Waals surface area contributed by atoms with Gasteiger partial charge in [0.2, 0.25) is 0 Å². The van der Waals surface area contributed by atoms with Crippen molar-refractivity contribution in [3.05, 3.63) is 62.8 Å². The molecule has 2 heterocycles. The predicted octanol–water partition coefficient (Wildman–Crippen LogP) is 2.50. The van der Waals surface area contributed by atoms with Crippen LogP contribution in [-0.2, 0) is 6.42 Å². The highest BCUT2D eigenvalue weighted by Crippen LogP contribution is 2.33. The minimum Gasteiger partial charge on any atom is -0.367 e. The minimum absolute atomic E-state index is 0.0187. The second-order valence-corrected chi connectivity index (χ2v) is 8.87. The number of carbonyl (C=O) groups excluding carboxylic acids is 2. The maximum Gasteiger partial charge on any atom is 0.261 e. The van der Waals surface area contributed by atoms with Crippen molar-refractivity contribution in [3.63, 3.8) is 0 Å². The highest BCUT2D eigenvalue weighted by molar-refractivity contribution is 6.02. The summed E-state index contributed by atoms with van der Waals surface area (Å²) >= 11 is 0. The Kier molecular flexibility index (Phi) is 5.13. The lowest BCUT2D eigenvalue weighted by atomic mass is 9.75. The fraction of sp³-hybridized carbons (Fsp3) is 0.391. The van der Waals surface area contributed by atoms with E-state index in [1.807, 2.05) is 24.8 Å². The van der Waals surface area contributed by atoms with Crippen LogP contribution in [0.25, 0.3) is 0 Å². The Hall–Kier alpha value is -3.47. The van der Waals surface area contributed by atoms with Crippen molar-refractivity contribution in [3.8, 4) is 6.07 Å². The number of pyridine rings is 1. The van der Waals surface area contributed by atoms with Crippen LogP contribution >= 0.6 is 0 Å². The number of Topliss-reactive ketones (excluding diaryl/α,β-unsaturated/α-hetero) is 1. The standard InChI is InChI=1S/C23H23FN4O3/c1-23(2)11-18-14(20(29)12-23)10-15(21(30)26-18)22(31)28-8-6-27(7-9-28)19-5-3-4-17(24)16(19)13-25/h3-5,10H,6-9,11-12H2,1-2H3,(H,26,30). The first-order valence-corrected chi connectivity index (χ1v) is 10.2. The maximum absolute atomic E-state index is 13.9. The number of H-pyrrole nitrogens is 1. The van der Waals surface area contributed by atoms with Gasteiger partial charge in [0, 0.05) is 43.9 Å². The van der Waals surface area contributed by atoms with Gasteiger partial charge >= 0.3 is 0 Å². The van der Waals surface area contributed by atoms with Crippen molar-refractivity contribution in [2.45, 2.75) is 26.7 Å². The SMILES string of the molecule is CC1(C)CC(=O)c2cc(C(=O)N3CCN(c4cccc(F)c4C#N)CC3)c(=O)[nH]c2C1. The van der Waals surface area contributed by atoms with Gasteiger partial charge in [0.25, 0.3) is 11.5 Å². The molecule has 1 fully saturated rings. The molecule has 0 bridgehead atoms. The summed E-state index contributed by atoms with van der Waals surface area (Å²) in [6.45, 7) is 5.39. The number of amides is 1. The Morgan fingerprint density at radius 1 is 1.16 bits per heavy atom. The summed E-state index contributed by atoms with van der Waals surface area (Å²) in [6.07, 6.45) is 0.943. The second-order valence-electron chi connectivity index (χ2n) is 8.87. The summed E-state index contributed by atoms with van der Waals surface area (Å²) in [6, 6.07) is 7.80. The number of hydrogen-bond acceptors (Lipinski definition) is 5. The molecule has 31 heavy (non-hydrogen) atoms. The van der Waals surface area contributed by atoms with Crippen LogP contribution in [0.15, 0.2) is 29.1 Å². The van der Waals surface area contributed by atoms with Gasteiger partial charge in [-0.05, 0) is 30.0 Å². The van der Waals surface area contributed by atoms with E-state index in [4.69, 9.17) is 0 Å². The average Bonchev–Trinajstić information content (AvgIpc) is 2.72. The number of piperazine rings is 1. The zero-order valence-electron chi connectivity index (χ0n) is 17.5. The lowest BCUT2D eigenvalue weighted by Crippen LogP contribution is -2.50. The molecule has 1 aliphatic heterocycles. The first-order chi connectivity index (χ1) is 14.7. The molecule has 2 aromatic rings. The quantitative estimate of drug-likeness (QED) is 0.802. The van der Waals surface area contributed by atoms with E-state index < -0.39 is 17.3 Å². The van der Waals surface area contributed by atoms with Crippen molar-refractivity contribution in [2.75, 3.05) is 31.1 Å². The molecule has 1 saturated heterocycles. The third-order valence-corrected chi connectivity index (χ3v) is 5.96. The number of benzene rings is 1. The first-order valence-electron chi connectivity index (χ1n) is 10.2. The number of nitrogens with one attached hydrogen (secondary N) is 1.